The van der Waals surface area contributed by atoms with Gasteiger partial charge in [0.2, 0.25) is 0 Å². The largest absolute Gasteiger partial charge is 0.296 e. The number of pyridine rings is 1. The summed E-state index contributed by atoms with van der Waals surface area (Å²) in [6, 6.07) is 6.32. The van der Waals surface area contributed by atoms with Crippen molar-refractivity contribution in [1.29, 1.82) is 0 Å². The van der Waals surface area contributed by atoms with Crippen molar-refractivity contribution in [3.63, 3.8) is 0 Å². The van der Waals surface area contributed by atoms with E-state index in [9.17, 15) is 9.18 Å². The minimum Gasteiger partial charge on any atom is -0.296 e. The van der Waals surface area contributed by atoms with E-state index in [1.165, 1.54) is 12.1 Å². The molecule has 4 rings (SSSR count). The number of rotatable bonds is 2. The molecule has 0 atom stereocenters. The van der Waals surface area contributed by atoms with Gasteiger partial charge < -0.3 is 0 Å². The fourth-order valence-corrected chi connectivity index (χ4v) is 4.11. The average molecular weight is 427 g/mol. The Labute approximate surface area is 163 Å². The maximum Gasteiger partial charge on any atom is 0.169 e. The first kappa shape index (κ1) is 17.7. The summed E-state index contributed by atoms with van der Waals surface area (Å²) in [4.78, 5) is 20.4. The van der Waals surface area contributed by atoms with Crippen LogP contribution in [0.3, 0.4) is 0 Å². The number of carbonyl (C=O) groups is 1. The lowest BCUT2D eigenvalue weighted by Crippen LogP contribution is -2.20. The molecule has 0 N–H and O–H groups in total. The van der Waals surface area contributed by atoms with Crippen molar-refractivity contribution in [2.45, 2.75) is 26.2 Å². The second kappa shape index (κ2) is 6.20. The Morgan fingerprint density at radius 2 is 1.96 bits per heavy atom. The third-order valence-corrected chi connectivity index (χ3v) is 5.17. The molecule has 1 aromatic carbocycles. The zero-order valence-corrected chi connectivity index (χ0v) is 16.6. The number of aromatic nitrogens is 4. The summed E-state index contributed by atoms with van der Waals surface area (Å²) in [5, 5.41) is 5.19. The molecule has 0 fully saturated rings. The zero-order chi connectivity index (χ0) is 19.3. The fraction of sp³-hybridized carbons (Fsp3) is 0.200. The Balaban J connectivity index is 2.02. The van der Waals surface area contributed by atoms with Gasteiger partial charge in [-0.05, 0) is 40.2 Å². The smallest absolute Gasteiger partial charge is 0.169 e. The van der Waals surface area contributed by atoms with E-state index in [1.54, 1.807) is 23.0 Å². The monoisotopic (exact) mass is 426 g/mol. The highest BCUT2D eigenvalue weighted by Gasteiger charge is 2.26. The van der Waals surface area contributed by atoms with Crippen LogP contribution < -0.4 is 0 Å². The molecule has 0 amide bonds. The third kappa shape index (κ3) is 2.92. The number of hydrogen-bond acceptors (Lipinski definition) is 4. The van der Waals surface area contributed by atoms with Gasteiger partial charge in [0.05, 0.1) is 21.9 Å². The Kier molecular flexibility index (Phi) is 4.07. The van der Waals surface area contributed by atoms with Gasteiger partial charge in [0.25, 0.3) is 0 Å². The standard InChI is InChI=1S/C20H16BrFN4O/c1-20(2,3)18-17(21)16(10-27)25-19-14(9-24-26(18)19)12-6-11-7-13(22)4-5-15(11)23-8-12/h4-10H,1-3H3. The molecule has 0 aliphatic carbocycles. The molecule has 0 aliphatic heterocycles. The summed E-state index contributed by atoms with van der Waals surface area (Å²) >= 11 is 3.50. The Morgan fingerprint density at radius 1 is 1.19 bits per heavy atom. The molecule has 27 heavy (non-hydrogen) atoms. The summed E-state index contributed by atoms with van der Waals surface area (Å²) in [6.07, 6.45) is 4.13. The van der Waals surface area contributed by atoms with Crippen LogP contribution in [0, 0.1) is 5.82 Å². The number of hydrogen-bond donors (Lipinski definition) is 0. The molecule has 0 bridgehead atoms. The van der Waals surface area contributed by atoms with Crippen LogP contribution in [0.15, 0.2) is 41.1 Å². The molecular weight excluding hydrogens is 411 g/mol. The number of benzene rings is 1. The Hall–Kier alpha value is -2.67. The van der Waals surface area contributed by atoms with Crippen molar-refractivity contribution < 1.29 is 9.18 Å². The highest BCUT2D eigenvalue weighted by Crippen LogP contribution is 2.34. The molecule has 0 saturated heterocycles. The van der Waals surface area contributed by atoms with Crippen LogP contribution >= 0.6 is 15.9 Å². The lowest BCUT2D eigenvalue weighted by atomic mass is 9.91. The molecule has 4 aromatic rings. The van der Waals surface area contributed by atoms with Gasteiger partial charge in [0.15, 0.2) is 11.9 Å². The molecule has 7 heteroatoms. The minimum absolute atomic E-state index is 0.272. The summed E-state index contributed by atoms with van der Waals surface area (Å²) in [5.41, 5.74) is 3.64. The number of halogens is 2. The minimum atomic E-state index is -0.318. The molecule has 136 valence electrons. The first-order valence-corrected chi connectivity index (χ1v) is 9.17. The van der Waals surface area contributed by atoms with E-state index in [1.807, 2.05) is 26.8 Å². The van der Waals surface area contributed by atoms with Crippen molar-refractivity contribution in [3.05, 3.63) is 58.3 Å². The lowest BCUT2D eigenvalue weighted by Gasteiger charge is -2.22. The molecule has 0 spiro atoms. The summed E-state index contributed by atoms with van der Waals surface area (Å²) in [7, 11) is 0. The van der Waals surface area contributed by atoms with Gasteiger partial charge in [-0.25, -0.2) is 13.9 Å². The summed E-state index contributed by atoms with van der Waals surface area (Å²) < 4.78 is 16.0. The first-order chi connectivity index (χ1) is 12.8. The molecule has 0 saturated carbocycles. The van der Waals surface area contributed by atoms with E-state index in [0.29, 0.717) is 26.7 Å². The third-order valence-electron chi connectivity index (χ3n) is 4.39. The molecule has 3 aromatic heterocycles. The predicted octanol–water partition coefficient (Wildman–Crippen LogP) is 4.96. The zero-order valence-electron chi connectivity index (χ0n) is 15.0. The SMILES string of the molecule is CC(C)(C)c1c(Br)c(C=O)nc2c(-c3cnc4ccc(F)cc4c3)cnn12. The van der Waals surface area contributed by atoms with E-state index in [4.69, 9.17) is 0 Å². The van der Waals surface area contributed by atoms with Crippen LogP contribution in [0.4, 0.5) is 4.39 Å². The predicted molar refractivity (Wildman–Crippen MR) is 105 cm³/mol. The van der Waals surface area contributed by atoms with Crippen LogP contribution in [0.2, 0.25) is 0 Å². The molecule has 0 aliphatic rings. The van der Waals surface area contributed by atoms with E-state index in [2.05, 4.69) is 31.0 Å². The van der Waals surface area contributed by atoms with Crippen molar-refractivity contribution in [3.8, 4) is 11.1 Å². The van der Waals surface area contributed by atoms with Crippen LogP contribution in [0.1, 0.15) is 37.0 Å². The van der Waals surface area contributed by atoms with Gasteiger partial charge in [-0.1, -0.05) is 20.8 Å². The second-order valence-electron chi connectivity index (χ2n) is 7.38. The second-order valence-corrected chi connectivity index (χ2v) is 8.18. The van der Waals surface area contributed by atoms with E-state index in [-0.39, 0.29) is 11.2 Å². The summed E-state index contributed by atoms with van der Waals surface area (Å²) in [5.74, 6) is -0.318. The van der Waals surface area contributed by atoms with Gasteiger partial charge in [-0.15, -0.1) is 0 Å². The molecule has 3 heterocycles. The maximum atomic E-state index is 13.6. The van der Waals surface area contributed by atoms with Crippen molar-refractivity contribution >= 4 is 38.8 Å². The summed E-state index contributed by atoms with van der Waals surface area (Å²) in [6.45, 7) is 6.13. The van der Waals surface area contributed by atoms with Gasteiger partial charge in [-0.2, -0.15) is 5.10 Å². The molecule has 5 nitrogen and oxygen atoms in total. The van der Waals surface area contributed by atoms with Crippen molar-refractivity contribution in [1.82, 2.24) is 19.6 Å². The molecule has 0 radical (unpaired) electrons. The van der Waals surface area contributed by atoms with Crippen LogP contribution in [0.25, 0.3) is 27.7 Å². The number of nitrogens with zero attached hydrogens (tertiary/aromatic N) is 4. The average Bonchev–Trinajstić information content (AvgIpc) is 3.02. The fourth-order valence-electron chi connectivity index (χ4n) is 3.17. The van der Waals surface area contributed by atoms with E-state index >= 15 is 0 Å². The van der Waals surface area contributed by atoms with Gasteiger partial charge in [0.1, 0.15) is 11.5 Å². The maximum absolute atomic E-state index is 13.6. The van der Waals surface area contributed by atoms with Crippen molar-refractivity contribution in [2.24, 2.45) is 0 Å². The molecular formula is C20H16BrFN4O. The lowest BCUT2D eigenvalue weighted by molar-refractivity contribution is 0.111. The first-order valence-electron chi connectivity index (χ1n) is 8.38. The highest BCUT2D eigenvalue weighted by molar-refractivity contribution is 9.10. The van der Waals surface area contributed by atoms with Gasteiger partial charge in [0, 0.05) is 28.1 Å². The topological polar surface area (TPSA) is 60.2 Å². The van der Waals surface area contributed by atoms with Gasteiger partial charge in [-0.3, -0.25) is 9.78 Å². The van der Waals surface area contributed by atoms with E-state index in [0.717, 1.165) is 23.1 Å². The Morgan fingerprint density at radius 3 is 2.67 bits per heavy atom. The number of carbonyl (C=O) groups excluding carboxylic acids is 1. The normalized spacial score (nSPS) is 12.0. The Bertz CT molecular complexity index is 1210. The van der Waals surface area contributed by atoms with Crippen molar-refractivity contribution in [2.75, 3.05) is 0 Å². The quantitative estimate of drug-likeness (QED) is 0.425. The van der Waals surface area contributed by atoms with Gasteiger partial charge >= 0.3 is 0 Å². The molecule has 0 unspecified atom stereocenters. The highest BCUT2D eigenvalue weighted by atomic mass is 79.9. The van der Waals surface area contributed by atoms with E-state index < -0.39 is 0 Å². The number of aldehydes is 1. The van der Waals surface area contributed by atoms with Crippen LogP contribution in [-0.4, -0.2) is 25.9 Å². The number of fused-ring (bicyclic) bond motifs is 2. The van der Waals surface area contributed by atoms with Crippen LogP contribution in [0.5, 0.6) is 0 Å². The van der Waals surface area contributed by atoms with Crippen LogP contribution in [-0.2, 0) is 5.41 Å².